The summed E-state index contributed by atoms with van der Waals surface area (Å²) in [5.41, 5.74) is 2.33. The Labute approximate surface area is 183 Å². The molecule has 1 unspecified atom stereocenters. The maximum Gasteiger partial charge on any atom is 0.293 e. The highest BCUT2D eigenvalue weighted by Crippen LogP contribution is 2.30. The molecule has 8 nitrogen and oxygen atoms in total. The van der Waals surface area contributed by atoms with Crippen molar-refractivity contribution in [2.24, 2.45) is 5.92 Å². The van der Waals surface area contributed by atoms with Gasteiger partial charge in [-0.15, -0.1) is 0 Å². The smallest absolute Gasteiger partial charge is 0.293 e. The van der Waals surface area contributed by atoms with E-state index in [0.29, 0.717) is 29.9 Å². The summed E-state index contributed by atoms with van der Waals surface area (Å²) in [7, 11) is -3.96. The zero-order valence-electron chi connectivity index (χ0n) is 18.4. The topological polar surface area (TPSA) is 105 Å². The van der Waals surface area contributed by atoms with Crippen molar-refractivity contribution in [3.8, 4) is 0 Å². The summed E-state index contributed by atoms with van der Waals surface area (Å²) in [5, 5.41) is 14.8. The van der Waals surface area contributed by atoms with Crippen LogP contribution in [-0.4, -0.2) is 43.9 Å². The van der Waals surface area contributed by atoms with Crippen LogP contribution >= 0.6 is 0 Å². The van der Waals surface area contributed by atoms with Crippen molar-refractivity contribution in [2.45, 2.75) is 45.1 Å². The van der Waals surface area contributed by atoms with Gasteiger partial charge >= 0.3 is 0 Å². The maximum atomic E-state index is 12.8. The number of aryl methyl sites for hydroxylation is 2. The molecule has 2 aromatic carbocycles. The first-order valence-corrected chi connectivity index (χ1v) is 11.9. The van der Waals surface area contributed by atoms with Gasteiger partial charge in [0.25, 0.3) is 15.7 Å². The number of hydrogen-bond acceptors (Lipinski definition) is 6. The van der Waals surface area contributed by atoms with Crippen molar-refractivity contribution in [3.05, 3.63) is 57.6 Å². The monoisotopic (exact) mass is 446 g/mol. The van der Waals surface area contributed by atoms with Crippen LogP contribution in [0.1, 0.15) is 31.4 Å². The third-order valence-corrected chi connectivity index (χ3v) is 7.09. The van der Waals surface area contributed by atoms with E-state index < -0.39 is 14.9 Å². The second-order valence-electron chi connectivity index (χ2n) is 8.48. The van der Waals surface area contributed by atoms with Gasteiger partial charge < -0.3 is 10.2 Å². The summed E-state index contributed by atoms with van der Waals surface area (Å²) in [6.07, 6.45) is 1.03. The molecule has 9 heteroatoms. The number of benzene rings is 2. The van der Waals surface area contributed by atoms with Crippen LogP contribution in [0.5, 0.6) is 0 Å². The Balaban J connectivity index is 1.77. The average Bonchev–Trinajstić information content (AvgIpc) is 3.17. The Kier molecular flexibility index (Phi) is 6.86. The predicted octanol–water partition coefficient (Wildman–Crippen LogP) is 4.15. The number of sulfonamides is 1. The van der Waals surface area contributed by atoms with Gasteiger partial charge in [-0.05, 0) is 70.3 Å². The maximum absolute atomic E-state index is 12.8. The Morgan fingerprint density at radius 2 is 1.87 bits per heavy atom. The third kappa shape index (κ3) is 5.54. The van der Waals surface area contributed by atoms with E-state index in [2.05, 4.69) is 28.8 Å². The van der Waals surface area contributed by atoms with Gasteiger partial charge in [-0.3, -0.25) is 14.8 Å². The largest absolute Gasteiger partial charge is 0.379 e. The molecule has 31 heavy (non-hydrogen) atoms. The molecule has 2 aromatic rings. The van der Waals surface area contributed by atoms with Crippen LogP contribution in [0.25, 0.3) is 0 Å². The van der Waals surface area contributed by atoms with E-state index in [1.165, 1.54) is 12.1 Å². The lowest BCUT2D eigenvalue weighted by atomic mass is 10.1. The first-order valence-electron chi connectivity index (χ1n) is 10.4. The van der Waals surface area contributed by atoms with Gasteiger partial charge in [-0.1, -0.05) is 17.7 Å². The lowest BCUT2D eigenvalue weighted by Gasteiger charge is -2.20. The van der Waals surface area contributed by atoms with Crippen molar-refractivity contribution < 1.29 is 13.3 Å². The molecule has 0 radical (unpaired) electrons. The number of anilines is 2. The van der Waals surface area contributed by atoms with E-state index in [-0.39, 0.29) is 10.6 Å². The van der Waals surface area contributed by atoms with E-state index in [0.717, 1.165) is 36.7 Å². The van der Waals surface area contributed by atoms with Gasteiger partial charge in [-0.2, -0.15) is 0 Å². The van der Waals surface area contributed by atoms with E-state index in [1.54, 1.807) is 6.07 Å². The lowest BCUT2D eigenvalue weighted by molar-refractivity contribution is -0.384. The van der Waals surface area contributed by atoms with Crippen molar-refractivity contribution in [1.82, 2.24) is 4.90 Å². The average molecular weight is 447 g/mol. The van der Waals surface area contributed by atoms with E-state index in [4.69, 9.17) is 0 Å². The predicted molar refractivity (Wildman–Crippen MR) is 123 cm³/mol. The molecule has 1 heterocycles. The molecule has 0 aromatic heterocycles. The second-order valence-corrected chi connectivity index (χ2v) is 10.2. The number of likely N-dealkylation sites (tertiary alicyclic amines) is 1. The fourth-order valence-corrected chi connectivity index (χ4v) is 5.01. The summed E-state index contributed by atoms with van der Waals surface area (Å²) < 4.78 is 28.2. The van der Waals surface area contributed by atoms with E-state index in [9.17, 15) is 18.5 Å². The normalized spacial score (nSPS) is 17.1. The summed E-state index contributed by atoms with van der Waals surface area (Å²) >= 11 is 0. The van der Waals surface area contributed by atoms with Crippen molar-refractivity contribution in [2.75, 3.05) is 29.7 Å². The molecular weight excluding hydrogens is 416 g/mol. The summed E-state index contributed by atoms with van der Waals surface area (Å²) in [4.78, 5) is 13.3. The summed E-state index contributed by atoms with van der Waals surface area (Å²) in [6, 6.07) is 9.84. The van der Waals surface area contributed by atoms with Gasteiger partial charge in [0.1, 0.15) is 5.69 Å². The Morgan fingerprint density at radius 1 is 1.16 bits per heavy atom. The molecule has 1 aliphatic heterocycles. The fraction of sp³-hybridized carbons (Fsp3) is 0.455. The van der Waals surface area contributed by atoms with Gasteiger partial charge in [0.15, 0.2) is 0 Å². The standard InChI is InChI=1S/C22H30N4O4S/c1-15(2)25-10-9-18(14-25)13-23-21-8-6-19(12-22(21)26(27)28)31(29,30)24-20-7-5-16(3)11-17(20)4/h5-8,11-12,15,18,23-24H,9-10,13-14H2,1-4H3. The number of hydrogen-bond donors (Lipinski definition) is 2. The number of nitro groups is 1. The van der Waals surface area contributed by atoms with Crippen LogP contribution in [0, 0.1) is 29.9 Å². The molecule has 1 saturated heterocycles. The van der Waals surface area contributed by atoms with Gasteiger partial charge in [0, 0.05) is 25.2 Å². The molecule has 0 aliphatic carbocycles. The number of rotatable bonds is 8. The zero-order chi connectivity index (χ0) is 22.8. The molecule has 3 rings (SSSR count). The zero-order valence-corrected chi connectivity index (χ0v) is 19.2. The first-order chi connectivity index (χ1) is 14.6. The first kappa shape index (κ1) is 23.0. The van der Waals surface area contributed by atoms with Crippen molar-refractivity contribution >= 4 is 27.1 Å². The molecule has 1 fully saturated rings. The molecule has 0 bridgehead atoms. The number of nitro benzene ring substituents is 1. The van der Waals surface area contributed by atoms with Crippen LogP contribution in [-0.2, 0) is 10.0 Å². The van der Waals surface area contributed by atoms with Gasteiger partial charge in [0.05, 0.1) is 15.5 Å². The van der Waals surface area contributed by atoms with Crippen LogP contribution in [0.4, 0.5) is 17.1 Å². The number of nitrogens with one attached hydrogen (secondary N) is 2. The van der Waals surface area contributed by atoms with Crippen LogP contribution in [0.15, 0.2) is 41.3 Å². The van der Waals surface area contributed by atoms with Crippen LogP contribution in [0.2, 0.25) is 0 Å². The molecule has 1 atom stereocenters. The molecular formula is C22H30N4O4S. The second kappa shape index (κ2) is 9.23. The molecule has 0 spiro atoms. The highest BCUT2D eigenvalue weighted by atomic mass is 32.2. The van der Waals surface area contributed by atoms with E-state index in [1.807, 2.05) is 26.0 Å². The Morgan fingerprint density at radius 3 is 2.48 bits per heavy atom. The fourth-order valence-electron chi connectivity index (χ4n) is 3.86. The van der Waals surface area contributed by atoms with Gasteiger partial charge in [0.2, 0.25) is 0 Å². The molecule has 0 amide bonds. The number of nitrogens with zero attached hydrogens (tertiary/aromatic N) is 2. The van der Waals surface area contributed by atoms with E-state index >= 15 is 0 Å². The van der Waals surface area contributed by atoms with Crippen molar-refractivity contribution in [3.63, 3.8) is 0 Å². The highest BCUT2D eigenvalue weighted by Gasteiger charge is 2.26. The minimum atomic E-state index is -3.96. The molecule has 1 aliphatic rings. The lowest BCUT2D eigenvalue weighted by Crippen LogP contribution is -2.29. The molecule has 2 N–H and O–H groups in total. The highest BCUT2D eigenvalue weighted by molar-refractivity contribution is 7.92. The minimum Gasteiger partial charge on any atom is -0.379 e. The quantitative estimate of drug-likeness (QED) is 0.466. The third-order valence-electron chi connectivity index (χ3n) is 5.73. The Hall–Kier alpha value is -2.65. The van der Waals surface area contributed by atoms with Crippen molar-refractivity contribution in [1.29, 1.82) is 0 Å². The summed E-state index contributed by atoms with van der Waals surface area (Å²) in [6.45, 7) is 10.6. The molecule has 0 saturated carbocycles. The SMILES string of the molecule is Cc1ccc(NS(=O)(=O)c2ccc(NCC3CCN(C(C)C)C3)c([N+](=O)[O-])c2)c(C)c1. The Bertz CT molecular complexity index is 1070. The van der Waals surface area contributed by atoms with Crippen LogP contribution < -0.4 is 10.0 Å². The van der Waals surface area contributed by atoms with Crippen LogP contribution in [0.3, 0.4) is 0 Å². The summed E-state index contributed by atoms with van der Waals surface area (Å²) in [5.74, 6) is 0.400. The minimum absolute atomic E-state index is 0.142. The van der Waals surface area contributed by atoms with Gasteiger partial charge in [-0.25, -0.2) is 8.42 Å². The molecule has 168 valence electrons.